The highest BCUT2D eigenvalue weighted by molar-refractivity contribution is 9.08. The molecule has 0 saturated carbocycles. The van der Waals surface area contributed by atoms with Crippen molar-refractivity contribution in [3.8, 4) is 0 Å². The lowest BCUT2D eigenvalue weighted by Crippen LogP contribution is -2.20. The molecule has 0 fully saturated rings. The summed E-state index contributed by atoms with van der Waals surface area (Å²) in [7, 11) is 0. The van der Waals surface area contributed by atoms with Gasteiger partial charge in [-0.05, 0) is 18.2 Å². The second-order valence-electron chi connectivity index (χ2n) is 5.28. The Kier molecular flexibility index (Phi) is 3.48. The van der Waals surface area contributed by atoms with Crippen LogP contribution in [0.4, 0.5) is 0 Å². The second-order valence-corrected chi connectivity index (χ2v) is 5.84. The fraction of sp³-hybridized carbons (Fsp3) is 0.357. The van der Waals surface area contributed by atoms with Gasteiger partial charge in [-0.25, -0.2) is 4.98 Å². The van der Waals surface area contributed by atoms with Crippen LogP contribution < -0.4 is 0 Å². The molecule has 0 atom stereocenters. The Morgan fingerprint density at radius 2 is 2.00 bits per heavy atom. The van der Waals surface area contributed by atoms with E-state index in [1.54, 1.807) is 6.20 Å². The molecule has 0 amide bonds. The number of alkyl halides is 1. The van der Waals surface area contributed by atoms with Crippen molar-refractivity contribution < 1.29 is 4.79 Å². The van der Waals surface area contributed by atoms with Gasteiger partial charge in [-0.1, -0.05) is 36.7 Å². The number of aromatic nitrogens is 2. The number of hydrogen-bond donors (Lipinski definition) is 0. The van der Waals surface area contributed by atoms with Gasteiger partial charge in [0.2, 0.25) is 0 Å². The number of Topliss-reactive ketones (excluding diaryl/α,β-unsaturated/α-hetero) is 1. The van der Waals surface area contributed by atoms with Gasteiger partial charge in [-0.15, -0.1) is 0 Å². The van der Waals surface area contributed by atoms with Crippen LogP contribution in [0.3, 0.4) is 0 Å². The number of carbonyl (C=O) groups is 1. The van der Waals surface area contributed by atoms with Gasteiger partial charge < -0.3 is 0 Å². The molecule has 0 aliphatic heterocycles. The van der Waals surface area contributed by atoms with Crippen LogP contribution in [-0.4, -0.2) is 15.8 Å². The van der Waals surface area contributed by atoms with E-state index in [0.717, 1.165) is 16.7 Å². The first-order chi connectivity index (χ1) is 8.41. The first kappa shape index (κ1) is 13.1. The minimum absolute atomic E-state index is 0.121. The summed E-state index contributed by atoms with van der Waals surface area (Å²) >= 11 is 3.35. The number of halogens is 1. The van der Waals surface area contributed by atoms with Gasteiger partial charge in [0.15, 0.2) is 5.78 Å². The lowest BCUT2D eigenvalue weighted by molar-refractivity contribution is 0.0858. The predicted octanol–water partition coefficient (Wildman–Crippen LogP) is 3.75. The van der Waals surface area contributed by atoms with Gasteiger partial charge in [0, 0.05) is 22.5 Å². The average Bonchev–Trinajstić information content (AvgIpc) is 2.35. The number of benzene rings is 1. The molecule has 2 rings (SSSR count). The Morgan fingerprint density at radius 3 is 2.61 bits per heavy atom. The summed E-state index contributed by atoms with van der Waals surface area (Å²) in [6, 6.07) is 5.49. The van der Waals surface area contributed by atoms with E-state index in [2.05, 4.69) is 25.9 Å². The highest BCUT2D eigenvalue weighted by Gasteiger charge is 2.23. The molecule has 2 aromatic rings. The first-order valence-electron chi connectivity index (χ1n) is 5.78. The highest BCUT2D eigenvalue weighted by Crippen LogP contribution is 2.22. The lowest BCUT2D eigenvalue weighted by Gasteiger charge is -2.16. The van der Waals surface area contributed by atoms with E-state index >= 15 is 0 Å². The smallest absolute Gasteiger partial charge is 0.168 e. The van der Waals surface area contributed by atoms with E-state index in [-0.39, 0.29) is 11.2 Å². The van der Waals surface area contributed by atoms with E-state index in [1.807, 2.05) is 39.0 Å². The lowest BCUT2D eigenvalue weighted by atomic mass is 9.86. The molecular weight excluding hydrogens is 292 g/mol. The molecule has 4 heteroatoms. The van der Waals surface area contributed by atoms with Crippen LogP contribution in [0.15, 0.2) is 24.4 Å². The molecule has 0 N–H and O–H groups in total. The zero-order valence-corrected chi connectivity index (χ0v) is 12.3. The fourth-order valence-electron chi connectivity index (χ4n) is 1.69. The summed E-state index contributed by atoms with van der Waals surface area (Å²) < 4.78 is 0. The average molecular weight is 307 g/mol. The van der Waals surface area contributed by atoms with E-state index in [9.17, 15) is 4.79 Å². The third-order valence-corrected chi connectivity index (χ3v) is 3.25. The summed E-state index contributed by atoms with van der Waals surface area (Å²) in [4.78, 5) is 21.0. The Labute approximate surface area is 115 Å². The summed E-state index contributed by atoms with van der Waals surface area (Å²) in [6.07, 6.45) is 1.74. The molecule has 0 aliphatic carbocycles. The third-order valence-electron chi connectivity index (χ3n) is 2.67. The van der Waals surface area contributed by atoms with E-state index < -0.39 is 0 Å². The van der Waals surface area contributed by atoms with Crippen LogP contribution in [-0.2, 0) is 5.33 Å². The largest absolute Gasteiger partial charge is 0.294 e. The number of fused-ring (bicyclic) bond motifs is 1. The molecule has 0 spiro atoms. The third kappa shape index (κ3) is 2.58. The van der Waals surface area contributed by atoms with Gasteiger partial charge in [0.25, 0.3) is 0 Å². The van der Waals surface area contributed by atoms with Crippen molar-refractivity contribution in [3.63, 3.8) is 0 Å². The molecule has 3 nitrogen and oxygen atoms in total. The maximum absolute atomic E-state index is 12.2. The number of carbonyl (C=O) groups excluding carboxylic acids is 1. The number of ketones is 1. The van der Waals surface area contributed by atoms with Crippen LogP contribution in [0.2, 0.25) is 0 Å². The number of hydrogen-bond acceptors (Lipinski definition) is 3. The molecule has 0 radical (unpaired) electrons. The van der Waals surface area contributed by atoms with Crippen molar-refractivity contribution in [1.82, 2.24) is 9.97 Å². The summed E-state index contributed by atoms with van der Waals surface area (Å²) in [5.41, 5.74) is 2.75. The molecule has 0 unspecified atom stereocenters. The van der Waals surface area contributed by atoms with Crippen LogP contribution in [0.25, 0.3) is 11.0 Å². The monoisotopic (exact) mass is 306 g/mol. The summed E-state index contributed by atoms with van der Waals surface area (Å²) in [5.74, 6) is 0.121. The van der Waals surface area contributed by atoms with E-state index in [0.29, 0.717) is 10.9 Å². The molecule has 1 aromatic heterocycles. The topological polar surface area (TPSA) is 42.9 Å². The summed E-state index contributed by atoms with van der Waals surface area (Å²) in [6.45, 7) is 5.75. The van der Waals surface area contributed by atoms with Gasteiger partial charge in [0.05, 0.1) is 16.7 Å². The van der Waals surface area contributed by atoms with Crippen molar-refractivity contribution in [3.05, 3.63) is 35.7 Å². The Morgan fingerprint density at radius 1 is 1.28 bits per heavy atom. The zero-order valence-electron chi connectivity index (χ0n) is 10.7. The van der Waals surface area contributed by atoms with Gasteiger partial charge >= 0.3 is 0 Å². The maximum atomic E-state index is 12.2. The zero-order chi connectivity index (χ0) is 13.3. The molecule has 1 heterocycles. The fourth-order valence-corrected chi connectivity index (χ4v) is 1.96. The highest BCUT2D eigenvalue weighted by atomic mass is 79.9. The Balaban J connectivity index is 2.52. The molecule has 1 aromatic carbocycles. The first-order valence-corrected chi connectivity index (χ1v) is 6.90. The second kappa shape index (κ2) is 4.76. The van der Waals surface area contributed by atoms with Crippen LogP contribution >= 0.6 is 15.9 Å². The Hall–Kier alpha value is -1.29. The van der Waals surface area contributed by atoms with Crippen LogP contribution in [0.1, 0.15) is 36.8 Å². The minimum Gasteiger partial charge on any atom is -0.294 e. The standard InChI is InChI=1S/C14H15BrN2O/c1-14(2,3)13(18)9-4-5-11-12(6-9)17-10(7-15)8-16-11/h4-6,8H,7H2,1-3H3. The van der Waals surface area contributed by atoms with E-state index in [1.165, 1.54) is 0 Å². The Bertz CT molecular complexity index is 602. The van der Waals surface area contributed by atoms with Crippen molar-refractivity contribution in [2.24, 2.45) is 5.41 Å². The van der Waals surface area contributed by atoms with Crippen LogP contribution in [0, 0.1) is 5.41 Å². The molecule has 0 saturated heterocycles. The molecule has 94 valence electrons. The van der Waals surface area contributed by atoms with Crippen molar-refractivity contribution in [2.75, 3.05) is 0 Å². The molecular formula is C14H15BrN2O. The van der Waals surface area contributed by atoms with Crippen molar-refractivity contribution in [2.45, 2.75) is 26.1 Å². The number of rotatable bonds is 2. The van der Waals surface area contributed by atoms with Crippen molar-refractivity contribution in [1.29, 1.82) is 0 Å². The minimum atomic E-state index is -0.381. The van der Waals surface area contributed by atoms with Gasteiger partial charge in [-0.2, -0.15) is 0 Å². The summed E-state index contributed by atoms with van der Waals surface area (Å²) in [5, 5.41) is 0.660. The quantitative estimate of drug-likeness (QED) is 0.627. The normalized spacial score (nSPS) is 11.8. The molecule has 0 aliphatic rings. The maximum Gasteiger partial charge on any atom is 0.168 e. The van der Waals surface area contributed by atoms with Crippen molar-refractivity contribution >= 4 is 32.7 Å². The SMILES string of the molecule is CC(C)(C)C(=O)c1ccc2ncc(CBr)nc2c1. The van der Waals surface area contributed by atoms with Gasteiger partial charge in [-0.3, -0.25) is 9.78 Å². The predicted molar refractivity (Wildman–Crippen MR) is 76.0 cm³/mol. The van der Waals surface area contributed by atoms with E-state index in [4.69, 9.17) is 0 Å². The van der Waals surface area contributed by atoms with Gasteiger partial charge in [0.1, 0.15) is 0 Å². The molecule has 0 bridgehead atoms. The van der Waals surface area contributed by atoms with Crippen LogP contribution in [0.5, 0.6) is 0 Å². The number of nitrogens with zero attached hydrogens (tertiary/aromatic N) is 2. The molecule has 18 heavy (non-hydrogen) atoms.